The summed E-state index contributed by atoms with van der Waals surface area (Å²) in [7, 11) is 5.39. The highest BCUT2D eigenvalue weighted by Crippen LogP contribution is 2.13. The quantitative estimate of drug-likeness (QED) is 0.0264. The number of unbranched alkanes of at least 4 members (excludes halogenated alkanes) is 11. The molecule has 0 aromatic rings. The molecule has 0 saturated carbocycles. The minimum Gasteiger partial charge on any atom is -0.544 e. The van der Waals surface area contributed by atoms with Gasteiger partial charge in [0.05, 0.1) is 40.3 Å². The summed E-state index contributed by atoms with van der Waals surface area (Å²) in [4.78, 5) is 36.9. The van der Waals surface area contributed by atoms with Gasteiger partial charge in [0, 0.05) is 19.3 Å². The molecule has 0 spiro atoms. The summed E-state index contributed by atoms with van der Waals surface area (Å²) in [5.41, 5.74) is 0. The first-order valence-corrected chi connectivity index (χ1v) is 22.6. The number of esters is 2. The van der Waals surface area contributed by atoms with Crippen molar-refractivity contribution in [2.75, 3.05) is 41.0 Å². The van der Waals surface area contributed by atoms with E-state index in [0.717, 1.165) is 116 Å². The molecule has 0 N–H and O–H groups in total. The molecule has 0 aliphatic rings. The van der Waals surface area contributed by atoms with Crippen molar-refractivity contribution in [3.63, 3.8) is 0 Å². The Morgan fingerprint density at radius 1 is 0.517 bits per heavy atom. The van der Waals surface area contributed by atoms with E-state index in [4.69, 9.17) is 14.2 Å². The normalized spacial score (nSPS) is 13.7. The maximum absolute atomic E-state index is 12.7. The van der Waals surface area contributed by atoms with Crippen LogP contribution in [0.15, 0.2) is 85.1 Å². The first kappa shape index (κ1) is 54.5. The van der Waals surface area contributed by atoms with Crippen molar-refractivity contribution in [3.05, 3.63) is 85.1 Å². The van der Waals surface area contributed by atoms with Crippen molar-refractivity contribution < 1.29 is 38.2 Å². The van der Waals surface area contributed by atoms with Crippen molar-refractivity contribution in [3.8, 4) is 0 Å². The zero-order valence-electron chi connectivity index (χ0n) is 37.4. The summed E-state index contributed by atoms with van der Waals surface area (Å²) >= 11 is 0. The average Bonchev–Trinajstić information content (AvgIpc) is 3.18. The van der Waals surface area contributed by atoms with Gasteiger partial charge in [0.15, 0.2) is 6.10 Å². The number of carboxylic acid groups (broad SMARTS) is 1. The van der Waals surface area contributed by atoms with Crippen LogP contribution in [0.5, 0.6) is 0 Å². The summed E-state index contributed by atoms with van der Waals surface area (Å²) in [5.74, 6) is -1.79. The lowest BCUT2D eigenvalue weighted by atomic mass is 10.1. The number of allylic oxidation sites excluding steroid dienone is 14. The number of carbonyl (C=O) groups excluding carboxylic acids is 3. The molecule has 8 nitrogen and oxygen atoms in total. The number of nitrogens with zero attached hydrogens (tertiary/aromatic N) is 1. The monoisotopic (exact) mass is 810 g/mol. The molecule has 0 aliphatic heterocycles. The van der Waals surface area contributed by atoms with Crippen molar-refractivity contribution >= 4 is 17.9 Å². The highest BCUT2D eigenvalue weighted by Gasteiger charge is 2.25. The van der Waals surface area contributed by atoms with Crippen LogP contribution < -0.4 is 5.11 Å². The van der Waals surface area contributed by atoms with Crippen LogP contribution in [0.3, 0.4) is 0 Å². The lowest BCUT2D eigenvalue weighted by molar-refractivity contribution is -0.889. The van der Waals surface area contributed by atoms with E-state index in [0.29, 0.717) is 12.8 Å². The van der Waals surface area contributed by atoms with Gasteiger partial charge in [0.25, 0.3) is 0 Å². The molecule has 8 heteroatoms. The molecule has 0 saturated heterocycles. The highest BCUT2D eigenvalue weighted by atomic mass is 16.6. The second kappa shape index (κ2) is 40.3. The van der Waals surface area contributed by atoms with Crippen LogP contribution in [-0.4, -0.2) is 75.5 Å². The predicted molar refractivity (Wildman–Crippen MR) is 240 cm³/mol. The Balaban J connectivity index is 4.39. The zero-order chi connectivity index (χ0) is 42.8. The smallest absolute Gasteiger partial charge is 0.306 e. The third-order valence-electron chi connectivity index (χ3n) is 9.53. The number of hydrogen-bond donors (Lipinski definition) is 0. The fourth-order valence-corrected chi connectivity index (χ4v) is 6.07. The van der Waals surface area contributed by atoms with Crippen LogP contribution in [0.25, 0.3) is 0 Å². The Labute approximate surface area is 354 Å². The van der Waals surface area contributed by atoms with Crippen LogP contribution in [-0.2, 0) is 28.6 Å². The molecule has 0 amide bonds. The molecule has 0 radical (unpaired) electrons. The molecule has 0 bridgehead atoms. The molecule has 2 unspecified atom stereocenters. The van der Waals surface area contributed by atoms with Gasteiger partial charge in [-0.2, -0.15) is 0 Å². The molecular weight excluding hydrogens is 727 g/mol. The zero-order valence-corrected chi connectivity index (χ0v) is 37.4. The topological polar surface area (TPSA) is 102 Å². The van der Waals surface area contributed by atoms with Crippen LogP contribution in [0.4, 0.5) is 0 Å². The maximum atomic E-state index is 12.7. The van der Waals surface area contributed by atoms with Gasteiger partial charge < -0.3 is 28.6 Å². The number of carboxylic acids is 1. The maximum Gasteiger partial charge on any atom is 0.306 e. The van der Waals surface area contributed by atoms with E-state index >= 15 is 0 Å². The van der Waals surface area contributed by atoms with E-state index < -0.39 is 18.1 Å². The molecular formula is C50H83NO7. The fraction of sp³-hybridized carbons (Fsp3) is 0.660. The van der Waals surface area contributed by atoms with Crippen molar-refractivity contribution in [1.29, 1.82) is 0 Å². The van der Waals surface area contributed by atoms with Crippen molar-refractivity contribution in [2.45, 2.75) is 174 Å². The van der Waals surface area contributed by atoms with E-state index in [9.17, 15) is 19.5 Å². The highest BCUT2D eigenvalue weighted by molar-refractivity contribution is 5.70. The van der Waals surface area contributed by atoms with Crippen LogP contribution in [0.2, 0.25) is 0 Å². The number of hydrogen-bond acceptors (Lipinski definition) is 7. The minimum atomic E-state index is -1.13. The largest absolute Gasteiger partial charge is 0.544 e. The van der Waals surface area contributed by atoms with E-state index in [1.54, 1.807) is 21.1 Å². The summed E-state index contributed by atoms with van der Waals surface area (Å²) in [6.07, 6.45) is 51.7. The summed E-state index contributed by atoms with van der Waals surface area (Å²) < 4.78 is 17.1. The number of quaternary nitrogens is 1. The molecule has 0 aromatic heterocycles. The van der Waals surface area contributed by atoms with Gasteiger partial charge in [0.1, 0.15) is 12.6 Å². The number of ether oxygens (including phenoxy) is 3. The lowest BCUT2D eigenvalue weighted by Gasteiger charge is -2.34. The fourth-order valence-electron chi connectivity index (χ4n) is 6.07. The van der Waals surface area contributed by atoms with E-state index in [2.05, 4.69) is 98.9 Å². The van der Waals surface area contributed by atoms with Crippen LogP contribution in [0.1, 0.15) is 162 Å². The Kier molecular flexibility index (Phi) is 37.9. The molecule has 58 heavy (non-hydrogen) atoms. The number of likely N-dealkylation sites (N-methyl/N-ethyl adjacent to an activating group) is 1. The van der Waals surface area contributed by atoms with Gasteiger partial charge in [-0.15, -0.1) is 0 Å². The first-order valence-electron chi connectivity index (χ1n) is 22.6. The molecule has 0 heterocycles. The summed E-state index contributed by atoms with van der Waals surface area (Å²) in [6.45, 7) is 4.39. The van der Waals surface area contributed by atoms with Gasteiger partial charge in [-0.1, -0.05) is 144 Å². The first-order chi connectivity index (χ1) is 28.1. The van der Waals surface area contributed by atoms with Gasteiger partial charge in [-0.25, -0.2) is 0 Å². The number of carbonyl (C=O) groups is 3. The van der Waals surface area contributed by atoms with E-state index in [-0.39, 0.29) is 42.7 Å². The van der Waals surface area contributed by atoms with Crippen molar-refractivity contribution in [2.24, 2.45) is 0 Å². The van der Waals surface area contributed by atoms with E-state index in [1.165, 1.54) is 12.8 Å². The third kappa shape index (κ3) is 38.1. The van der Waals surface area contributed by atoms with Gasteiger partial charge in [-0.05, 0) is 83.5 Å². The Morgan fingerprint density at radius 2 is 0.914 bits per heavy atom. The van der Waals surface area contributed by atoms with Crippen LogP contribution in [0, 0.1) is 0 Å². The summed E-state index contributed by atoms with van der Waals surface area (Å²) in [6, 6.07) is -0.736. The molecule has 0 aromatic carbocycles. The number of rotatable bonds is 39. The molecule has 0 rings (SSSR count). The Hall–Kier alpha value is -3.49. The van der Waals surface area contributed by atoms with Gasteiger partial charge in [-0.3, -0.25) is 9.59 Å². The second-order valence-corrected chi connectivity index (χ2v) is 15.9. The van der Waals surface area contributed by atoms with Crippen LogP contribution >= 0.6 is 0 Å². The molecule has 330 valence electrons. The average molecular weight is 810 g/mol. The van der Waals surface area contributed by atoms with Gasteiger partial charge in [0.2, 0.25) is 0 Å². The van der Waals surface area contributed by atoms with E-state index in [1.807, 2.05) is 0 Å². The predicted octanol–water partition coefficient (Wildman–Crippen LogP) is 11.2. The van der Waals surface area contributed by atoms with Gasteiger partial charge >= 0.3 is 11.9 Å². The Morgan fingerprint density at radius 3 is 1.34 bits per heavy atom. The van der Waals surface area contributed by atoms with Crippen molar-refractivity contribution in [1.82, 2.24) is 0 Å². The SMILES string of the molecule is CC/C=C\C/C=C\C/C=C\C/C=C\CCCCCCCCC(=O)OC(COCCC(C(=O)[O-])[N+](C)(C)C)COC(=O)CCCCCCC/C=C\C/C=C\C/C=C\CC. The Bertz CT molecular complexity index is 1220. The summed E-state index contributed by atoms with van der Waals surface area (Å²) in [5, 5.41) is 11.6. The minimum absolute atomic E-state index is 0.0241. The third-order valence-corrected chi connectivity index (χ3v) is 9.53. The molecule has 0 aliphatic carbocycles. The molecule has 2 atom stereocenters. The standard InChI is InChI=1S/C50H83NO7/c1-6-8-10-12-14-16-18-20-22-23-24-25-27-29-31-33-35-37-39-41-49(53)58-46(44-56-43-42-47(50(54)55)51(3,4)5)45-57-48(52)40-38-36-34-32-30-28-26-21-19-17-15-13-11-9-7-2/h8-11,14-17,20-22,24-26,46-47H,6-7,12-13,18-19,23,27-45H2,1-5H3/b10-8-,11-9-,16-14-,17-15-,22-20-,25-24-,26-21-. The number of aliphatic carboxylic acids is 1. The lowest BCUT2D eigenvalue weighted by Crippen LogP contribution is -2.55. The second-order valence-electron chi connectivity index (χ2n) is 15.9. The molecule has 0 fully saturated rings.